The Kier molecular flexibility index (Phi) is 3.65. The number of rotatable bonds is 3. The number of carbonyl (C=O) groups excluding carboxylic acids is 1. The number of hydrogen-bond donors (Lipinski definition) is 2. The Morgan fingerprint density at radius 1 is 1.61 bits per heavy atom. The van der Waals surface area contributed by atoms with Crippen LogP contribution in [-0.2, 0) is 11.3 Å². The number of fused-ring (bicyclic) bond motifs is 1. The molecule has 1 aromatic carbocycles. The molecule has 1 aliphatic rings. The molecule has 0 radical (unpaired) electrons. The molecule has 92 valence electrons. The van der Waals surface area contributed by atoms with Crippen LogP contribution < -0.4 is 10.8 Å². The molecule has 1 aromatic rings. The molecule has 0 aliphatic carbocycles. The SMILES string of the molecule is C=CC(=CC)NC(=O)c1ccc2c(c1)B(O)OC2. The molecule has 0 aromatic heterocycles. The van der Waals surface area contributed by atoms with Crippen molar-refractivity contribution in [1.82, 2.24) is 5.32 Å². The lowest BCUT2D eigenvalue weighted by molar-refractivity contribution is 0.0967. The molecule has 1 heterocycles. The summed E-state index contributed by atoms with van der Waals surface area (Å²) in [7, 11) is -0.937. The van der Waals surface area contributed by atoms with Crippen molar-refractivity contribution in [3.63, 3.8) is 0 Å². The molecule has 0 saturated carbocycles. The molecule has 2 rings (SSSR count). The van der Waals surface area contributed by atoms with E-state index >= 15 is 0 Å². The summed E-state index contributed by atoms with van der Waals surface area (Å²) in [5.74, 6) is -0.232. The highest BCUT2D eigenvalue weighted by Gasteiger charge is 2.27. The third kappa shape index (κ3) is 2.37. The van der Waals surface area contributed by atoms with Crippen LogP contribution in [0.25, 0.3) is 0 Å². The number of benzene rings is 1. The summed E-state index contributed by atoms with van der Waals surface area (Å²) in [5.41, 5.74) is 2.70. The van der Waals surface area contributed by atoms with Gasteiger partial charge in [0, 0.05) is 11.3 Å². The van der Waals surface area contributed by atoms with E-state index in [0.29, 0.717) is 23.3 Å². The molecule has 4 nitrogen and oxygen atoms in total. The van der Waals surface area contributed by atoms with E-state index in [0.717, 1.165) is 5.56 Å². The van der Waals surface area contributed by atoms with Gasteiger partial charge < -0.3 is 15.0 Å². The maximum atomic E-state index is 12.0. The molecule has 1 aliphatic heterocycles. The van der Waals surface area contributed by atoms with Gasteiger partial charge in [-0.2, -0.15) is 0 Å². The van der Waals surface area contributed by atoms with Crippen LogP contribution in [-0.4, -0.2) is 18.0 Å². The van der Waals surface area contributed by atoms with Gasteiger partial charge in [-0.05, 0) is 36.2 Å². The maximum absolute atomic E-state index is 12.0. The number of hydrogen-bond acceptors (Lipinski definition) is 3. The van der Waals surface area contributed by atoms with E-state index in [9.17, 15) is 9.82 Å². The fourth-order valence-electron chi connectivity index (χ4n) is 1.80. The molecule has 1 amide bonds. The third-order valence-electron chi connectivity index (χ3n) is 2.86. The average Bonchev–Trinajstić information content (AvgIpc) is 2.77. The van der Waals surface area contributed by atoms with Crippen molar-refractivity contribution in [3.8, 4) is 0 Å². The van der Waals surface area contributed by atoms with Crippen LogP contribution in [0.15, 0.2) is 42.6 Å². The highest BCUT2D eigenvalue weighted by Crippen LogP contribution is 2.11. The smallest absolute Gasteiger partial charge is 0.423 e. The standard InChI is InChI=1S/C13H14BNO3/c1-3-11(4-2)15-13(16)9-5-6-10-8-18-14(17)12(10)7-9/h3-7,17H,1,8H2,2H3,(H,15,16). The van der Waals surface area contributed by atoms with Crippen LogP contribution in [0.4, 0.5) is 0 Å². The summed E-state index contributed by atoms with van der Waals surface area (Å²) in [6.45, 7) is 5.80. The third-order valence-corrected chi connectivity index (χ3v) is 2.86. The van der Waals surface area contributed by atoms with E-state index in [1.54, 1.807) is 30.4 Å². The number of amides is 1. The molecule has 0 fully saturated rings. The molecule has 0 bridgehead atoms. The maximum Gasteiger partial charge on any atom is 0.491 e. The average molecular weight is 243 g/mol. The van der Waals surface area contributed by atoms with Gasteiger partial charge in [-0.1, -0.05) is 18.7 Å². The zero-order valence-electron chi connectivity index (χ0n) is 10.1. The minimum absolute atomic E-state index is 0.232. The van der Waals surface area contributed by atoms with Crippen molar-refractivity contribution in [1.29, 1.82) is 0 Å². The second kappa shape index (κ2) is 5.20. The van der Waals surface area contributed by atoms with Gasteiger partial charge in [-0.3, -0.25) is 4.79 Å². The van der Waals surface area contributed by atoms with Gasteiger partial charge in [0.15, 0.2) is 0 Å². The first-order valence-corrected chi connectivity index (χ1v) is 5.68. The molecular weight excluding hydrogens is 229 g/mol. The Morgan fingerprint density at radius 3 is 3.06 bits per heavy atom. The summed E-state index contributed by atoms with van der Waals surface area (Å²) >= 11 is 0. The molecule has 2 N–H and O–H groups in total. The van der Waals surface area contributed by atoms with Gasteiger partial charge in [0.05, 0.1) is 6.61 Å². The monoisotopic (exact) mass is 243 g/mol. The van der Waals surface area contributed by atoms with E-state index in [2.05, 4.69) is 11.9 Å². The molecule has 5 heteroatoms. The second-order valence-corrected chi connectivity index (χ2v) is 3.98. The van der Waals surface area contributed by atoms with Gasteiger partial charge in [-0.15, -0.1) is 0 Å². The Morgan fingerprint density at radius 2 is 2.39 bits per heavy atom. The quantitative estimate of drug-likeness (QED) is 0.607. The largest absolute Gasteiger partial charge is 0.491 e. The van der Waals surface area contributed by atoms with Crippen LogP contribution in [0.3, 0.4) is 0 Å². The van der Waals surface area contributed by atoms with E-state index < -0.39 is 7.12 Å². The molecular formula is C13H14BNO3. The lowest BCUT2D eigenvalue weighted by atomic mass is 9.79. The van der Waals surface area contributed by atoms with Gasteiger partial charge in [0.2, 0.25) is 0 Å². The zero-order chi connectivity index (χ0) is 13.1. The minimum Gasteiger partial charge on any atom is -0.423 e. The number of nitrogens with one attached hydrogen (secondary N) is 1. The lowest BCUT2D eigenvalue weighted by Gasteiger charge is -2.07. The van der Waals surface area contributed by atoms with Crippen LogP contribution in [0.5, 0.6) is 0 Å². The summed E-state index contributed by atoms with van der Waals surface area (Å²) in [4.78, 5) is 12.0. The highest BCUT2D eigenvalue weighted by atomic mass is 16.5. The first-order valence-electron chi connectivity index (χ1n) is 5.68. The topological polar surface area (TPSA) is 58.6 Å². The van der Waals surface area contributed by atoms with Crippen molar-refractivity contribution < 1.29 is 14.5 Å². The fourth-order valence-corrected chi connectivity index (χ4v) is 1.80. The van der Waals surface area contributed by atoms with Crippen LogP contribution in [0, 0.1) is 0 Å². The van der Waals surface area contributed by atoms with Crippen molar-refractivity contribution >= 4 is 18.5 Å². The fraction of sp³-hybridized carbons (Fsp3) is 0.154. The minimum atomic E-state index is -0.937. The summed E-state index contributed by atoms with van der Waals surface area (Å²) in [5, 5.41) is 12.3. The highest BCUT2D eigenvalue weighted by molar-refractivity contribution is 6.61. The van der Waals surface area contributed by atoms with E-state index in [-0.39, 0.29) is 5.91 Å². The normalized spacial score (nSPS) is 14.3. The van der Waals surface area contributed by atoms with Crippen molar-refractivity contribution in [2.45, 2.75) is 13.5 Å². The van der Waals surface area contributed by atoms with Gasteiger partial charge >= 0.3 is 7.12 Å². The number of allylic oxidation sites excluding steroid dienone is 2. The van der Waals surface area contributed by atoms with E-state index in [1.165, 1.54) is 0 Å². The molecule has 18 heavy (non-hydrogen) atoms. The van der Waals surface area contributed by atoms with Crippen LogP contribution in [0.2, 0.25) is 0 Å². The summed E-state index contributed by atoms with van der Waals surface area (Å²) in [6, 6.07) is 5.16. The van der Waals surface area contributed by atoms with E-state index in [4.69, 9.17) is 4.65 Å². The number of carbonyl (C=O) groups is 1. The molecule has 0 atom stereocenters. The Hall–Kier alpha value is -1.85. The van der Waals surface area contributed by atoms with Crippen LogP contribution >= 0.6 is 0 Å². The van der Waals surface area contributed by atoms with Crippen molar-refractivity contribution in [2.75, 3.05) is 0 Å². The molecule has 0 saturated heterocycles. The van der Waals surface area contributed by atoms with Gasteiger partial charge in [-0.25, -0.2) is 0 Å². The second-order valence-electron chi connectivity index (χ2n) is 3.98. The Balaban J connectivity index is 2.22. The summed E-state index contributed by atoms with van der Waals surface area (Å²) in [6.07, 6.45) is 3.33. The first-order chi connectivity index (χ1) is 8.65. The zero-order valence-corrected chi connectivity index (χ0v) is 10.1. The van der Waals surface area contributed by atoms with Crippen LogP contribution in [0.1, 0.15) is 22.8 Å². The first kappa shape index (κ1) is 12.6. The predicted octanol–water partition coefficient (Wildman–Crippen LogP) is 0.724. The van der Waals surface area contributed by atoms with E-state index in [1.807, 2.05) is 6.92 Å². The Labute approximate surface area is 106 Å². The van der Waals surface area contributed by atoms with Gasteiger partial charge in [0.25, 0.3) is 5.91 Å². The lowest BCUT2D eigenvalue weighted by Crippen LogP contribution is -2.30. The molecule has 0 unspecified atom stereocenters. The summed E-state index contributed by atoms with van der Waals surface area (Å²) < 4.78 is 5.08. The van der Waals surface area contributed by atoms with Gasteiger partial charge in [0.1, 0.15) is 0 Å². The Bertz CT molecular complexity index is 525. The van der Waals surface area contributed by atoms with Crippen molar-refractivity contribution in [3.05, 3.63) is 53.8 Å². The molecule has 0 spiro atoms. The predicted molar refractivity (Wildman–Crippen MR) is 70.3 cm³/mol. The van der Waals surface area contributed by atoms with Crippen molar-refractivity contribution in [2.24, 2.45) is 0 Å².